The van der Waals surface area contributed by atoms with Crippen molar-refractivity contribution in [3.8, 4) is 0 Å². The van der Waals surface area contributed by atoms with Crippen LogP contribution >= 0.6 is 0 Å². The second-order valence-electron chi connectivity index (χ2n) is 6.86. The Kier molecular flexibility index (Phi) is 6.24. The first-order chi connectivity index (χ1) is 11.8. The summed E-state index contributed by atoms with van der Waals surface area (Å²) in [6, 6.07) is 10.9. The molecule has 1 aromatic carbocycles. The van der Waals surface area contributed by atoms with E-state index in [9.17, 15) is 4.79 Å². The lowest BCUT2D eigenvalue weighted by molar-refractivity contribution is -0.132. The third-order valence-corrected chi connectivity index (χ3v) is 5.23. The molecule has 24 heavy (non-hydrogen) atoms. The number of likely N-dealkylation sites (tertiary alicyclic amines) is 1. The highest BCUT2D eigenvalue weighted by atomic mass is 16.2. The van der Waals surface area contributed by atoms with E-state index >= 15 is 0 Å². The summed E-state index contributed by atoms with van der Waals surface area (Å²) in [7, 11) is 0. The van der Waals surface area contributed by atoms with E-state index in [1.54, 1.807) is 0 Å². The van der Waals surface area contributed by atoms with Crippen LogP contribution in [0, 0.1) is 0 Å². The van der Waals surface area contributed by atoms with Crippen LogP contribution in [0.3, 0.4) is 0 Å². The van der Waals surface area contributed by atoms with Crippen LogP contribution in [0.1, 0.15) is 18.9 Å². The van der Waals surface area contributed by atoms with Crippen molar-refractivity contribution in [1.29, 1.82) is 0 Å². The van der Waals surface area contributed by atoms with E-state index in [2.05, 4.69) is 34.2 Å². The van der Waals surface area contributed by atoms with Crippen LogP contribution in [0.4, 0.5) is 0 Å². The van der Waals surface area contributed by atoms with E-state index in [4.69, 9.17) is 0 Å². The van der Waals surface area contributed by atoms with Gasteiger partial charge in [-0.2, -0.15) is 0 Å². The van der Waals surface area contributed by atoms with Crippen molar-refractivity contribution in [2.45, 2.75) is 25.9 Å². The molecule has 5 heteroatoms. The van der Waals surface area contributed by atoms with E-state index in [-0.39, 0.29) is 5.91 Å². The summed E-state index contributed by atoms with van der Waals surface area (Å²) >= 11 is 0. The van der Waals surface area contributed by atoms with Gasteiger partial charge in [0.05, 0.1) is 6.54 Å². The number of carbonyl (C=O) groups is 1. The van der Waals surface area contributed by atoms with E-state index in [0.717, 1.165) is 45.8 Å². The zero-order valence-corrected chi connectivity index (χ0v) is 14.8. The van der Waals surface area contributed by atoms with Crippen molar-refractivity contribution in [1.82, 2.24) is 20.0 Å². The summed E-state index contributed by atoms with van der Waals surface area (Å²) in [6.45, 7) is 10.7. The van der Waals surface area contributed by atoms with Gasteiger partial charge in [-0.25, -0.2) is 0 Å². The molecule has 1 N–H and O–H groups in total. The molecule has 2 aliphatic rings. The highest BCUT2D eigenvalue weighted by Crippen LogP contribution is 2.16. The molecule has 2 saturated heterocycles. The highest BCUT2D eigenvalue weighted by molar-refractivity contribution is 5.78. The molecule has 1 amide bonds. The Bertz CT molecular complexity index is 515. The van der Waals surface area contributed by atoms with Gasteiger partial charge < -0.3 is 10.2 Å². The molecule has 2 fully saturated rings. The first kappa shape index (κ1) is 17.4. The van der Waals surface area contributed by atoms with Gasteiger partial charge in [0, 0.05) is 58.4 Å². The Morgan fingerprint density at radius 2 is 1.96 bits per heavy atom. The number of rotatable bonds is 6. The van der Waals surface area contributed by atoms with Gasteiger partial charge in [-0.05, 0) is 18.9 Å². The fraction of sp³-hybridized carbons (Fsp3) is 0.632. The van der Waals surface area contributed by atoms with E-state index < -0.39 is 0 Å². The zero-order valence-electron chi connectivity index (χ0n) is 14.8. The summed E-state index contributed by atoms with van der Waals surface area (Å²) in [5.74, 6) is 0.252. The first-order valence-corrected chi connectivity index (χ1v) is 9.25. The minimum atomic E-state index is 0.252. The Morgan fingerprint density at radius 3 is 2.67 bits per heavy atom. The quantitative estimate of drug-likeness (QED) is 0.845. The fourth-order valence-electron chi connectivity index (χ4n) is 3.77. The smallest absolute Gasteiger partial charge is 0.237 e. The summed E-state index contributed by atoms with van der Waals surface area (Å²) in [6.07, 6.45) is 1.19. The summed E-state index contributed by atoms with van der Waals surface area (Å²) in [4.78, 5) is 19.6. The summed E-state index contributed by atoms with van der Waals surface area (Å²) in [5, 5.41) is 3.41. The highest BCUT2D eigenvalue weighted by Gasteiger charge is 2.29. The number of amides is 1. The molecule has 0 spiro atoms. The minimum Gasteiger partial charge on any atom is -0.338 e. The molecule has 0 aromatic heterocycles. The number of benzene rings is 1. The molecule has 5 nitrogen and oxygen atoms in total. The van der Waals surface area contributed by atoms with Crippen LogP contribution in [0.15, 0.2) is 30.3 Å². The maximum atomic E-state index is 12.7. The largest absolute Gasteiger partial charge is 0.338 e. The zero-order chi connectivity index (χ0) is 16.8. The van der Waals surface area contributed by atoms with Gasteiger partial charge in [-0.15, -0.1) is 0 Å². The minimum absolute atomic E-state index is 0.252. The normalized spacial score (nSPS) is 22.6. The van der Waals surface area contributed by atoms with E-state index in [1.807, 2.05) is 23.1 Å². The van der Waals surface area contributed by atoms with Crippen LogP contribution in [0.25, 0.3) is 0 Å². The lowest BCUT2D eigenvalue weighted by Crippen LogP contribution is -2.49. The molecule has 3 rings (SSSR count). The molecule has 1 atom stereocenters. The van der Waals surface area contributed by atoms with Crippen molar-refractivity contribution in [2.75, 3.05) is 52.4 Å². The van der Waals surface area contributed by atoms with Gasteiger partial charge in [0.15, 0.2) is 0 Å². The predicted molar refractivity (Wildman–Crippen MR) is 96.8 cm³/mol. The number of nitrogens with zero attached hydrogens (tertiary/aromatic N) is 3. The van der Waals surface area contributed by atoms with Gasteiger partial charge in [0.2, 0.25) is 5.91 Å². The maximum Gasteiger partial charge on any atom is 0.237 e. The number of carbonyl (C=O) groups excluding carboxylic acids is 1. The molecule has 2 aliphatic heterocycles. The van der Waals surface area contributed by atoms with Crippen LogP contribution in [-0.2, 0) is 11.3 Å². The standard InChI is InChI=1S/C19H30N4O/c1-2-22(14-17-6-4-3-5-7-17)19(24)16-21-11-8-18(15-21)23-12-9-20-10-13-23/h3-7,18,20H,2,8-16H2,1H3. The number of hydrogen-bond donors (Lipinski definition) is 1. The van der Waals surface area contributed by atoms with Crippen LogP contribution in [-0.4, -0.2) is 79.0 Å². The van der Waals surface area contributed by atoms with Crippen LogP contribution in [0.2, 0.25) is 0 Å². The fourth-order valence-corrected chi connectivity index (χ4v) is 3.77. The van der Waals surface area contributed by atoms with Gasteiger partial charge in [-0.3, -0.25) is 14.6 Å². The van der Waals surface area contributed by atoms with E-state index in [0.29, 0.717) is 19.1 Å². The molecule has 0 saturated carbocycles. The van der Waals surface area contributed by atoms with E-state index in [1.165, 1.54) is 12.0 Å². The molecule has 132 valence electrons. The van der Waals surface area contributed by atoms with Crippen molar-refractivity contribution in [3.63, 3.8) is 0 Å². The first-order valence-electron chi connectivity index (χ1n) is 9.25. The lowest BCUT2D eigenvalue weighted by Gasteiger charge is -2.32. The molecule has 1 aromatic rings. The molecular formula is C19H30N4O. The number of nitrogens with one attached hydrogen (secondary N) is 1. The monoisotopic (exact) mass is 330 g/mol. The predicted octanol–water partition coefficient (Wildman–Crippen LogP) is 1.01. The third kappa shape index (κ3) is 4.56. The number of hydrogen-bond acceptors (Lipinski definition) is 4. The van der Waals surface area contributed by atoms with Crippen molar-refractivity contribution in [3.05, 3.63) is 35.9 Å². The second kappa shape index (κ2) is 8.60. The topological polar surface area (TPSA) is 38.8 Å². The van der Waals surface area contributed by atoms with Crippen molar-refractivity contribution >= 4 is 5.91 Å². The average molecular weight is 330 g/mol. The Morgan fingerprint density at radius 1 is 1.21 bits per heavy atom. The van der Waals surface area contributed by atoms with Crippen LogP contribution < -0.4 is 5.32 Å². The third-order valence-electron chi connectivity index (χ3n) is 5.23. The molecule has 0 radical (unpaired) electrons. The van der Waals surface area contributed by atoms with Crippen molar-refractivity contribution < 1.29 is 4.79 Å². The molecule has 2 heterocycles. The van der Waals surface area contributed by atoms with Crippen molar-refractivity contribution in [2.24, 2.45) is 0 Å². The number of piperazine rings is 1. The second-order valence-corrected chi connectivity index (χ2v) is 6.86. The molecule has 0 bridgehead atoms. The number of likely N-dealkylation sites (N-methyl/N-ethyl adjacent to an activating group) is 1. The summed E-state index contributed by atoms with van der Waals surface area (Å²) < 4.78 is 0. The SMILES string of the molecule is CCN(Cc1ccccc1)C(=O)CN1CCC(N2CCNCC2)C1. The Balaban J connectivity index is 1.48. The molecule has 0 aliphatic carbocycles. The van der Waals surface area contributed by atoms with Crippen LogP contribution in [0.5, 0.6) is 0 Å². The van der Waals surface area contributed by atoms with Gasteiger partial charge in [-0.1, -0.05) is 30.3 Å². The summed E-state index contributed by atoms with van der Waals surface area (Å²) in [5.41, 5.74) is 1.20. The molecule has 1 unspecified atom stereocenters. The maximum absolute atomic E-state index is 12.7. The molecular weight excluding hydrogens is 300 g/mol. The Labute approximate surface area is 145 Å². The van der Waals surface area contributed by atoms with Gasteiger partial charge in [0.1, 0.15) is 0 Å². The lowest BCUT2D eigenvalue weighted by atomic mass is 10.2. The Hall–Kier alpha value is -1.43. The van der Waals surface area contributed by atoms with Gasteiger partial charge >= 0.3 is 0 Å². The van der Waals surface area contributed by atoms with Gasteiger partial charge in [0.25, 0.3) is 0 Å². The average Bonchev–Trinajstić information content (AvgIpc) is 3.09.